The number of halogens is 3. The zero-order valence-corrected chi connectivity index (χ0v) is 13.5. The van der Waals surface area contributed by atoms with Crippen molar-refractivity contribution in [2.45, 2.75) is 13.0 Å². The van der Waals surface area contributed by atoms with Crippen LogP contribution in [0.4, 0.5) is 14.5 Å². The maximum Gasteiger partial charge on any atom is 0.279 e. The molecule has 0 fully saturated rings. The summed E-state index contributed by atoms with van der Waals surface area (Å²) < 4.78 is 27.3. The van der Waals surface area contributed by atoms with Crippen LogP contribution in [0.2, 0.25) is 0 Å². The van der Waals surface area contributed by atoms with Crippen molar-refractivity contribution in [1.82, 2.24) is 0 Å². The SMILES string of the molecule is C[C@H]([NH2+]CC(=O)Nc1ccccc1Br)c1ccc(F)cc1F. The van der Waals surface area contributed by atoms with E-state index in [-0.39, 0.29) is 18.5 Å². The summed E-state index contributed by atoms with van der Waals surface area (Å²) in [4.78, 5) is 11.9. The van der Waals surface area contributed by atoms with E-state index in [1.807, 2.05) is 18.2 Å². The van der Waals surface area contributed by atoms with E-state index in [2.05, 4.69) is 21.2 Å². The number of quaternary nitrogens is 1. The van der Waals surface area contributed by atoms with Crippen molar-refractivity contribution >= 4 is 27.5 Å². The summed E-state index contributed by atoms with van der Waals surface area (Å²) in [7, 11) is 0. The maximum atomic E-state index is 13.7. The molecule has 0 saturated heterocycles. The summed E-state index contributed by atoms with van der Waals surface area (Å²) in [6, 6.07) is 10.5. The molecule has 0 radical (unpaired) electrons. The van der Waals surface area contributed by atoms with Crippen LogP contribution in [0.25, 0.3) is 0 Å². The second kappa shape index (κ2) is 7.47. The average molecular weight is 370 g/mol. The van der Waals surface area contributed by atoms with E-state index in [1.54, 1.807) is 18.3 Å². The summed E-state index contributed by atoms with van der Waals surface area (Å²) in [5.74, 6) is -1.41. The fraction of sp³-hybridized carbons (Fsp3) is 0.188. The topological polar surface area (TPSA) is 45.7 Å². The van der Waals surface area contributed by atoms with Gasteiger partial charge in [0, 0.05) is 16.1 Å². The smallest absolute Gasteiger partial charge is 0.279 e. The highest BCUT2D eigenvalue weighted by molar-refractivity contribution is 9.10. The molecule has 0 aliphatic rings. The van der Waals surface area contributed by atoms with Gasteiger partial charge in [0.25, 0.3) is 5.91 Å². The van der Waals surface area contributed by atoms with Crippen LogP contribution in [-0.4, -0.2) is 12.5 Å². The van der Waals surface area contributed by atoms with Crippen LogP contribution in [0, 0.1) is 11.6 Å². The molecule has 0 spiro atoms. The molecule has 2 aromatic rings. The number of carbonyl (C=O) groups excluding carboxylic acids is 1. The van der Waals surface area contributed by atoms with Gasteiger partial charge in [-0.05, 0) is 47.1 Å². The first-order valence-electron chi connectivity index (χ1n) is 6.80. The minimum atomic E-state index is -0.611. The molecule has 22 heavy (non-hydrogen) atoms. The number of para-hydroxylation sites is 1. The largest absolute Gasteiger partial charge is 0.332 e. The Labute approximate surface area is 135 Å². The van der Waals surface area contributed by atoms with Crippen LogP contribution in [0.1, 0.15) is 18.5 Å². The van der Waals surface area contributed by atoms with E-state index >= 15 is 0 Å². The molecule has 0 unspecified atom stereocenters. The molecule has 0 heterocycles. The van der Waals surface area contributed by atoms with Crippen LogP contribution >= 0.6 is 15.9 Å². The van der Waals surface area contributed by atoms with Crippen LogP contribution in [0.15, 0.2) is 46.9 Å². The van der Waals surface area contributed by atoms with E-state index < -0.39 is 11.6 Å². The Kier molecular flexibility index (Phi) is 5.63. The van der Waals surface area contributed by atoms with Gasteiger partial charge >= 0.3 is 0 Å². The van der Waals surface area contributed by atoms with Gasteiger partial charge in [0.15, 0.2) is 6.54 Å². The van der Waals surface area contributed by atoms with Gasteiger partial charge in [0.05, 0.1) is 5.69 Å². The van der Waals surface area contributed by atoms with E-state index in [4.69, 9.17) is 0 Å². The summed E-state index contributed by atoms with van der Waals surface area (Å²) in [5.41, 5.74) is 1.05. The number of nitrogens with two attached hydrogens (primary N) is 1. The van der Waals surface area contributed by atoms with Gasteiger partial charge in [-0.15, -0.1) is 0 Å². The van der Waals surface area contributed by atoms with E-state index in [0.29, 0.717) is 11.3 Å². The molecule has 1 amide bonds. The highest BCUT2D eigenvalue weighted by atomic mass is 79.9. The standard InChI is InChI=1S/C16H15BrF2N2O/c1-10(12-7-6-11(18)8-14(12)19)20-9-16(22)21-15-5-3-2-4-13(15)17/h2-8,10,20H,9H2,1H3,(H,21,22)/p+1/t10-/m0/s1. The molecule has 1 atom stereocenters. The van der Waals surface area contributed by atoms with Gasteiger partial charge < -0.3 is 10.6 Å². The Morgan fingerprint density at radius 2 is 2.00 bits per heavy atom. The average Bonchev–Trinajstić information content (AvgIpc) is 2.47. The second-order valence-corrected chi connectivity index (χ2v) is 5.78. The van der Waals surface area contributed by atoms with Gasteiger partial charge in [-0.25, -0.2) is 8.78 Å². The van der Waals surface area contributed by atoms with Crippen molar-refractivity contribution in [2.24, 2.45) is 0 Å². The molecule has 3 nitrogen and oxygen atoms in total. The van der Waals surface area contributed by atoms with Crippen LogP contribution in [-0.2, 0) is 4.79 Å². The Morgan fingerprint density at radius 3 is 2.68 bits per heavy atom. The Morgan fingerprint density at radius 1 is 1.27 bits per heavy atom. The summed E-state index contributed by atoms with van der Waals surface area (Å²) in [6.07, 6.45) is 0. The molecule has 3 N–H and O–H groups in total. The molecule has 0 aliphatic carbocycles. The zero-order valence-electron chi connectivity index (χ0n) is 11.9. The van der Waals surface area contributed by atoms with Gasteiger partial charge in [-0.2, -0.15) is 0 Å². The van der Waals surface area contributed by atoms with Gasteiger partial charge in [-0.1, -0.05) is 12.1 Å². The predicted molar refractivity (Wildman–Crippen MR) is 84.3 cm³/mol. The van der Waals surface area contributed by atoms with Gasteiger partial charge in [-0.3, -0.25) is 4.79 Å². The highest BCUT2D eigenvalue weighted by Crippen LogP contribution is 2.20. The first kappa shape index (κ1) is 16.6. The number of hydrogen-bond acceptors (Lipinski definition) is 1. The van der Waals surface area contributed by atoms with Gasteiger partial charge in [0.2, 0.25) is 0 Å². The molecular weight excluding hydrogens is 354 g/mol. The number of hydrogen-bond donors (Lipinski definition) is 2. The maximum absolute atomic E-state index is 13.7. The predicted octanol–water partition coefficient (Wildman–Crippen LogP) is 2.99. The van der Waals surface area contributed by atoms with Crippen molar-refractivity contribution in [3.8, 4) is 0 Å². The highest BCUT2D eigenvalue weighted by Gasteiger charge is 2.16. The van der Waals surface area contributed by atoms with E-state index in [1.165, 1.54) is 12.1 Å². The third-order valence-corrected chi connectivity index (χ3v) is 3.95. The molecule has 6 heteroatoms. The van der Waals surface area contributed by atoms with Crippen LogP contribution in [0.3, 0.4) is 0 Å². The molecule has 0 saturated carbocycles. The van der Waals surface area contributed by atoms with Crippen molar-refractivity contribution < 1.29 is 18.9 Å². The van der Waals surface area contributed by atoms with E-state index in [0.717, 1.165) is 10.5 Å². The molecule has 2 aromatic carbocycles. The van der Waals surface area contributed by atoms with Crippen molar-refractivity contribution in [1.29, 1.82) is 0 Å². The second-order valence-electron chi connectivity index (χ2n) is 4.92. The number of anilines is 1. The van der Waals surface area contributed by atoms with Crippen LogP contribution in [0.5, 0.6) is 0 Å². The number of nitrogens with one attached hydrogen (secondary N) is 1. The third kappa shape index (κ3) is 4.35. The van der Waals surface area contributed by atoms with E-state index in [9.17, 15) is 13.6 Å². The van der Waals surface area contributed by atoms with Crippen molar-refractivity contribution in [2.75, 3.05) is 11.9 Å². The lowest BCUT2D eigenvalue weighted by Crippen LogP contribution is -2.86. The monoisotopic (exact) mass is 369 g/mol. The summed E-state index contributed by atoms with van der Waals surface area (Å²) >= 11 is 3.35. The molecule has 116 valence electrons. The molecule has 0 bridgehead atoms. The van der Waals surface area contributed by atoms with Crippen molar-refractivity contribution in [3.05, 3.63) is 64.1 Å². The fourth-order valence-electron chi connectivity index (χ4n) is 2.05. The zero-order chi connectivity index (χ0) is 16.1. The number of benzene rings is 2. The number of carbonyl (C=O) groups is 1. The summed E-state index contributed by atoms with van der Waals surface area (Å²) in [5, 5.41) is 4.47. The normalized spacial score (nSPS) is 12.0. The first-order chi connectivity index (χ1) is 10.5. The molecule has 2 rings (SSSR count). The molecular formula is C16H16BrF2N2O+. The van der Waals surface area contributed by atoms with Crippen LogP contribution < -0.4 is 10.6 Å². The minimum Gasteiger partial charge on any atom is -0.332 e. The Bertz CT molecular complexity index is 679. The number of amides is 1. The fourth-order valence-corrected chi connectivity index (χ4v) is 2.43. The minimum absolute atomic E-state index is 0.138. The number of rotatable bonds is 5. The lowest BCUT2D eigenvalue weighted by Gasteiger charge is -2.12. The molecule has 0 aromatic heterocycles. The Hall–Kier alpha value is -1.79. The molecule has 0 aliphatic heterocycles. The van der Waals surface area contributed by atoms with Crippen molar-refractivity contribution in [3.63, 3.8) is 0 Å². The third-order valence-electron chi connectivity index (χ3n) is 3.26. The first-order valence-corrected chi connectivity index (χ1v) is 7.59. The summed E-state index contributed by atoms with van der Waals surface area (Å²) in [6.45, 7) is 1.90. The lowest BCUT2D eigenvalue weighted by atomic mass is 10.1. The quantitative estimate of drug-likeness (QED) is 0.835. The lowest BCUT2D eigenvalue weighted by molar-refractivity contribution is -0.682. The van der Waals surface area contributed by atoms with Gasteiger partial charge in [0.1, 0.15) is 17.7 Å². The Balaban J connectivity index is 1.92.